The van der Waals surface area contributed by atoms with Crippen LogP contribution in [0.15, 0.2) is 0 Å². The predicted molar refractivity (Wildman–Crippen MR) is 93.9 cm³/mol. The maximum Gasteiger partial charge on any atom is 0.313 e. The number of hydrogen-bond donors (Lipinski definition) is 0. The van der Waals surface area contributed by atoms with Gasteiger partial charge in [0.15, 0.2) is 0 Å². The van der Waals surface area contributed by atoms with Gasteiger partial charge in [-0.05, 0) is 13.3 Å². The third-order valence-electron chi connectivity index (χ3n) is 4.06. The number of carbonyl (C=O) groups excluding carboxylic acids is 2. The lowest BCUT2D eigenvalue weighted by Crippen LogP contribution is -2.33. The minimum absolute atomic E-state index is 0.123. The van der Waals surface area contributed by atoms with Crippen LogP contribution in [0.1, 0.15) is 71.6 Å². The lowest BCUT2D eigenvalue weighted by Gasteiger charge is -2.23. The number of esters is 1. The van der Waals surface area contributed by atoms with Gasteiger partial charge in [-0.15, -0.1) is 11.6 Å². The minimum Gasteiger partial charge on any atom is -0.466 e. The SMILES string of the molecule is CCCCCCCCC[C@H](C(=O)CC(=O)OCC)[C@@H](CCl)OC. The van der Waals surface area contributed by atoms with Crippen molar-refractivity contribution in [2.75, 3.05) is 19.6 Å². The van der Waals surface area contributed by atoms with E-state index in [4.69, 9.17) is 21.1 Å². The molecule has 0 amide bonds. The molecule has 0 saturated heterocycles. The van der Waals surface area contributed by atoms with Gasteiger partial charge in [-0.1, -0.05) is 51.9 Å². The van der Waals surface area contributed by atoms with E-state index in [1.54, 1.807) is 14.0 Å². The molecule has 0 heterocycles. The Morgan fingerprint density at radius 2 is 1.61 bits per heavy atom. The number of methoxy groups -OCH3 is 1. The summed E-state index contributed by atoms with van der Waals surface area (Å²) in [4.78, 5) is 23.9. The van der Waals surface area contributed by atoms with E-state index in [9.17, 15) is 9.59 Å². The first-order chi connectivity index (χ1) is 11.1. The standard InChI is InChI=1S/C18H33ClO4/c1-4-6-7-8-9-10-11-12-15(17(14-19)22-3)16(20)13-18(21)23-5-2/h15,17H,4-14H2,1-3H3/t15-,17-/m1/s1. The first-order valence-corrected chi connectivity index (χ1v) is 9.41. The molecule has 0 N–H and O–H groups in total. The second kappa shape index (κ2) is 14.9. The molecule has 0 spiro atoms. The molecule has 0 aliphatic carbocycles. The van der Waals surface area contributed by atoms with Crippen LogP contribution in [0.3, 0.4) is 0 Å². The topological polar surface area (TPSA) is 52.6 Å². The van der Waals surface area contributed by atoms with E-state index in [-0.39, 0.29) is 36.7 Å². The molecule has 4 nitrogen and oxygen atoms in total. The maximum atomic E-state index is 12.4. The summed E-state index contributed by atoms with van der Waals surface area (Å²) < 4.78 is 10.2. The monoisotopic (exact) mass is 348 g/mol. The van der Waals surface area contributed by atoms with Crippen molar-refractivity contribution in [3.8, 4) is 0 Å². The molecule has 5 heteroatoms. The molecule has 23 heavy (non-hydrogen) atoms. The number of Topliss-reactive ketones (excluding diaryl/α,β-unsaturated/α-hetero) is 1. The molecule has 0 fully saturated rings. The van der Waals surface area contributed by atoms with Gasteiger partial charge in [0.2, 0.25) is 0 Å². The van der Waals surface area contributed by atoms with Crippen LogP contribution in [0.4, 0.5) is 0 Å². The van der Waals surface area contributed by atoms with Gasteiger partial charge in [-0.25, -0.2) is 0 Å². The lowest BCUT2D eigenvalue weighted by atomic mass is 9.90. The Morgan fingerprint density at radius 3 is 2.13 bits per heavy atom. The highest BCUT2D eigenvalue weighted by molar-refractivity contribution is 6.18. The van der Waals surface area contributed by atoms with Crippen LogP contribution >= 0.6 is 11.6 Å². The number of alkyl halides is 1. The van der Waals surface area contributed by atoms with Gasteiger partial charge in [0.05, 0.1) is 12.7 Å². The van der Waals surface area contributed by atoms with E-state index in [0.717, 1.165) is 19.3 Å². The number of ketones is 1. The number of carbonyl (C=O) groups is 2. The summed E-state index contributed by atoms with van der Waals surface area (Å²) in [6, 6.07) is 0. The molecule has 0 aliphatic rings. The first-order valence-electron chi connectivity index (χ1n) is 8.87. The molecule has 0 aromatic heterocycles. The second-order valence-electron chi connectivity index (χ2n) is 5.89. The predicted octanol–water partition coefficient (Wildman–Crippen LogP) is 4.52. The molecular weight excluding hydrogens is 316 g/mol. The molecule has 0 bridgehead atoms. The zero-order chi connectivity index (χ0) is 17.5. The van der Waals surface area contributed by atoms with Gasteiger partial charge in [-0.3, -0.25) is 9.59 Å². The number of unbranched alkanes of at least 4 members (excludes halogenated alkanes) is 6. The molecule has 0 unspecified atom stereocenters. The summed E-state index contributed by atoms with van der Waals surface area (Å²) in [5, 5.41) is 0. The van der Waals surface area contributed by atoms with E-state index in [1.807, 2.05) is 0 Å². The molecule has 0 radical (unpaired) electrons. The number of hydrogen-bond acceptors (Lipinski definition) is 4. The average molecular weight is 349 g/mol. The third kappa shape index (κ3) is 10.7. The van der Waals surface area contributed by atoms with Crippen molar-refractivity contribution in [2.24, 2.45) is 5.92 Å². The van der Waals surface area contributed by atoms with E-state index in [1.165, 1.54) is 32.1 Å². The van der Waals surface area contributed by atoms with Gasteiger partial charge < -0.3 is 9.47 Å². The summed E-state index contributed by atoms with van der Waals surface area (Å²) in [5.41, 5.74) is 0. The third-order valence-corrected chi connectivity index (χ3v) is 4.36. The average Bonchev–Trinajstić information content (AvgIpc) is 2.53. The van der Waals surface area contributed by atoms with Gasteiger partial charge in [0.1, 0.15) is 12.2 Å². The van der Waals surface area contributed by atoms with E-state index < -0.39 is 5.97 Å². The quantitative estimate of drug-likeness (QED) is 0.189. The fourth-order valence-corrected chi connectivity index (χ4v) is 3.04. The Labute approximate surface area is 146 Å². The van der Waals surface area contributed by atoms with Crippen molar-refractivity contribution in [1.29, 1.82) is 0 Å². The Bertz CT molecular complexity index is 316. The Morgan fingerprint density at radius 1 is 1.00 bits per heavy atom. The smallest absolute Gasteiger partial charge is 0.313 e. The Hall–Kier alpha value is -0.610. The van der Waals surface area contributed by atoms with E-state index in [0.29, 0.717) is 0 Å². The fourth-order valence-electron chi connectivity index (χ4n) is 2.70. The first kappa shape index (κ1) is 22.4. The molecule has 0 saturated carbocycles. The summed E-state index contributed by atoms with van der Waals surface area (Å²) >= 11 is 5.91. The molecule has 0 rings (SSSR count). The minimum atomic E-state index is -0.466. The van der Waals surface area contributed by atoms with Crippen LogP contribution in [0.5, 0.6) is 0 Å². The molecule has 0 aromatic rings. The number of halogens is 1. The molecule has 2 atom stereocenters. The van der Waals surface area contributed by atoms with Crippen LogP contribution in [-0.4, -0.2) is 37.5 Å². The van der Waals surface area contributed by atoms with Crippen molar-refractivity contribution < 1.29 is 19.1 Å². The molecular formula is C18H33ClO4. The zero-order valence-corrected chi connectivity index (χ0v) is 15.7. The highest BCUT2D eigenvalue weighted by atomic mass is 35.5. The normalized spacial score (nSPS) is 13.6. The van der Waals surface area contributed by atoms with Crippen LogP contribution in [0.2, 0.25) is 0 Å². The van der Waals surface area contributed by atoms with Crippen LogP contribution in [-0.2, 0) is 19.1 Å². The number of rotatable bonds is 15. The largest absolute Gasteiger partial charge is 0.466 e. The van der Waals surface area contributed by atoms with Crippen molar-refractivity contribution in [3.05, 3.63) is 0 Å². The number of ether oxygens (including phenoxy) is 2. The van der Waals surface area contributed by atoms with Gasteiger partial charge in [-0.2, -0.15) is 0 Å². The summed E-state index contributed by atoms with van der Waals surface area (Å²) in [5.74, 6) is -0.655. The van der Waals surface area contributed by atoms with Crippen LogP contribution in [0, 0.1) is 5.92 Å². The van der Waals surface area contributed by atoms with Gasteiger partial charge in [0, 0.05) is 18.9 Å². The van der Waals surface area contributed by atoms with Gasteiger partial charge >= 0.3 is 5.97 Å². The van der Waals surface area contributed by atoms with Crippen LogP contribution < -0.4 is 0 Å². The highest BCUT2D eigenvalue weighted by Gasteiger charge is 2.29. The highest BCUT2D eigenvalue weighted by Crippen LogP contribution is 2.21. The van der Waals surface area contributed by atoms with Crippen LogP contribution in [0.25, 0.3) is 0 Å². The summed E-state index contributed by atoms with van der Waals surface area (Å²) in [7, 11) is 1.56. The second-order valence-corrected chi connectivity index (χ2v) is 6.20. The molecule has 0 aromatic carbocycles. The van der Waals surface area contributed by atoms with Crippen molar-refractivity contribution in [2.45, 2.75) is 77.7 Å². The van der Waals surface area contributed by atoms with Crippen molar-refractivity contribution in [3.63, 3.8) is 0 Å². The lowest BCUT2D eigenvalue weighted by molar-refractivity contribution is -0.147. The van der Waals surface area contributed by atoms with Crippen molar-refractivity contribution in [1.82, 2.24) is 0 Å². The van der Waals surface area contributed by atoms with Gasteiger partial charge in [0.25, 0.3) is 0 Å². The molecule has 136 valence electrons. The van der Waals surface area contributed by atoms with E-state index in [2.05, 4.69) is 6.92 Å². The fraction of sp³-hybridized carbons (Fsp3) is 0.889. The Kier molecular flexibility index (Phi) is 14.6. The maximum absolute atomic E-state index is 12.4. The van der Waals surface area contributed by atoms with Crippen molar-refractivity contribution >= 4 is 23.4 Å². The summed E-state index contributed by atoms with van der Waals surface area (Å²) in [6.07, 6.45) is 8.52. The Balaban J connectivity index is 4.29. The zero-order valence-electron chi connectivity index (χ0n) is 14.9. The summed E-state index contributed by atoms with van der Waals surface area (Å²) in [6.45, 7) is 4.23. The van der Waals surface area contributed by atoms with E-state index >= 15 is 0 Å². The molecule has 0 aliphatic heterocycles.